The highest BCUT2D eigenvalue weighted by Crippen LogP contribution is 2.22. The maximum atomic E-state index is 10.9. The largest absolute Gasteiger partial charge is 0.478 e. The van der Waals surface area contributed by atoms with Crippen molar-refractivity contribution >= 4 is 16.9 Å². The molecule has 0 saturated carbocycles. The third-order valence-electron chi connectivity index (χ3n) is 2.75. The van der Waals surface area contributed by atoms with Crippen LogP contribution in [0.15, 0.2) is 42.7 Å². The van der Waals surface area contributed by atoms with Gasteiger partial charge in [0, 0.05) is 22.7 Å². The molecule has 2 N–H and O–H groups in total. The number of carbonyl (C=O) groups is 1. The molecule has 0 radical (unpaired) electrons. The first-order valence-electron chi connectivity index (χ1n) is 5.37. The van der Waals surface area contributed by atoms with Crippen molar-refractivity contribution in [2.75, 3.05) is 0 Å². The molecule has 0 atom stereocenters. The van der Waals surface area contributed by atoms with Crippen LogP contribution in [0, 0.1) is 0 Å². The first-order chi connectivity index (χ1) is 8.74. The van der Waals surface area contributed by atoms with Gasteiger partial charge in [-0.15, -0.1) is 0 Å². The molecule has 1 aromatic carbocycles. The third-order valence-corrected chi connectivity index (χ3v) is 2.75. The van der Waals surface area contributed by atoms with Gasteiger partial charge in [0.2, 0.25) is 0 Å². The van der Waals surface area contributed by atoms with Gasteiger partial charge in [-0.05, 0) is 24.3 Å². The van der Waals surface area contributed by atoms with Crippen LogP contribution in [0.5, 0.6) is 0 Å². The molecular formula is C13H9N3O2. The molecule has 0 saturated heterocycles. The van der Waals surface area contributed by atoms with E-state index < -0.39 is 5.97 Å². The molecule has 3 aromatic rings. The van der Waals surface area contributed by atoms with E-state index in [1.54, 1.807) is 0 Å². The first kappa shape index (κ1) is 10.5. The van der Waals surface area contributed by atoms with Crippen molar-refractivity contribution in [2.24, 2.45) is 0 Å². The zero-order valence-electron chi connectivity index (χ0n) is 9.29. The lowest BCUT2D eigenvalue weighted by Crippen LogP contribution is -1.99. The number of aromatic carboxylic acids is 1. The molecule has 5 heteroatoms. The van der Waals surface area contributed by atoms with Gasteiger partial charge in [-0.2, -0.15) is 10.2 Å². The van der Waals surface area contributed by atoms with Crippen molar-refractivity contribution in [3.05, 3.63) is 48.3 Å². The second-order valence-electron chi connectivity index (χ2n) is 3.91. The lowest BCUT2D eigenvalue weighted by Gasteiger charge is -2.01. The van der Waals surface area contributed by atoms with Crippen LogP contribution in [0.25, 0.3) is 22.2 Å². The number of carboxylic acids is 1. The van der Waals surface area contributed by atoms with E-state index in [1.807, 2.05) is 30.5 Å². The fourth-order valence-electron chi connectivity index (χ4n) is 1.84. The van der Waals surface area contributed by atoms with Crippen LogP contribution in [0.1, 0.15) is 10.4 Å². The van der Waals surface area contributed by atoms with Gasteiger partial charge in [0.1, 0.15) is 0 Å². The summed E-state index contributed by atoms with van der Waals surface area (Å²) in [7, 11) is 0. The third kappa shape index (κ3) is 1.71. The van der Waals surface area contributed by atoms with Gasteiger partial charge in [0.15, 0.2) is 0 Å². The lowest BCUT2D eigenvalue weighted by atomic mass is 10.1. The molecule has 0 unspecified atom stereocenters. The lowest BCUT2D eigenvalue weighted by molar-refractivity contribution is 0.0696. The molecule has 3 rings (SSSR count). The van der Waals surface area contributed by atoms with E-state index in [0.717, 1.165) is 16.5 Å². The SMILES string of the molecule is O=C(O)c1cnnc(-c2ccc3[nH]ccc3c2)c1. The van der Waals surface area contributed by atoms with E-state index >= 15 is 0 Å². The van der Waals surface area contributed by atoms with Crippen LogP contribution in [0.4, 0.5) is 0 Å². The Morgan fingerprint density at radius 3 is 2.94 bits per heavy atom. The van der Waals surface area contributed by atoms with Crippen LogP contribution in [0.2, 0.25) is 0 Å². The highest BCUT2D eigenvalue weighted by atomic mass is 16.4. The molecule has 0 amide bonds. The van der Waals surface area contributed by atoms with Crippen molar-refractivity contribution in [1.29, 1.82) is 0 Å². The molecule has 88 valence electrons. The van der Waals surface area contributed by atoms with Crippen molar-refractivity contribution in [3.8, 4) is 11.3 Å². The van der Waals surface area contributed by atoms with Gasteiger partial charge in [-0.1, -0.05) is 6.07 Å². The summed E-state index contributed by atoms with van der Waals surface area (Å²) in [6, 6.07) is 9.23. The fourth-order valence-corrected chi connectivity index (χ4v) is 1.84. The number of aromatic nitrogens is 3. The van der Waals surface area contributed by atoms with E-state index in [4.69, 9.17) is 5.11 Å². The molecule has 0 bridgehead atoms. The van der Waals surface area contributed by atoms with E-state index in [0.29, 0.717) is 5.69 Å². The van der Waals surface area contributed by atoms with Crippen LogP contribution >= 0.6 is 0 Å². The predicted octanol–water partition coefficient (Wildman–Crippen LogP) is 2.32. The Balaban J connectivity index is 2.13. The van der Waals surface area contributed by atoms with Gasteiger partial charge in [0.25, 0.3) is 0 Å². The van der Waals surface area contributed by atoms with Crippen LogP contribution < -0.4 is 0 Å². The summed E-state index contributed by atoms with van der Waals surface area (Å²) in [6.45, 7) is 0. The van der Waals surface area contributed by atoms with Gasteiger partial charge in [-0.25, -0.2) is 4.79 Å². The predicted molar refractivity (Wildman–Crippen MR) is 66.3 cm³/mol. The number of rotatable bonds is 2. The minimum atomic E-state index is -1.01. The highest BCUT2D eigenvalue weighted by Gasteiger charge is 2.07. The Morgan fingerprint density at radius 2 is 2.11 bits per heavy atom. The standard InChI is InChI=1S/C13H9N3O2/c17-13(18)10-6-12(16-15-7-10)8-1-2-11-9(5-8)3-4-14-11/h1-7,14H,(H,17,18). The highest BCUT2D eigenvalue weighted by molar-refractivity contribution is 5.89. The smallest absolute Gasteiger partial charge is 0.337 e. The number of benzene rings is 1. The van der Waals surface area contributed by atoms with Crippen LogP contribution in [0.3, 0.4) is 0 Å². The zero-order chi connectivity index (χ0) is 12.5. The topological polar surface area (TPSA) is 78.9 Å². The summed E-state index contributed by atoms with van der Waals surface area (Å²) in [5, 5.41) is 17.6. The quantitative estimate of drug-likeness (QED) is 0.719. The van der Waals surface area contributed by atoms with Gasteiger partial charge < -0.3 is 10.1 Å². The fraction of sp³-hybridized carbons (Fsp3) is 0. The average molecular weight is 239 g/mol. The number of nitrogens with zero attached hydrogens (tertiary/aromatic N) is 2. The Kier molecular flexibility index (Phi) is 2.30. The number of nitrogens with one attached hydrogen (secondary N) is 1. The molecule has 2 aromatic heterocycles. The minimum absolute atomic E-state index is 0.133. The Morgan fingerprint density at radius 1 is 1.22 bits per heavy atom. The summed E-state index contributed by atoms with van der Waals surface area (Å²) in [5.74, 6) is -1.01. The maximum absolute atomic E-state index is 10.9. The molecule has 18 heavy (non-hydrogen) atoms. The van der Waals surface area contributed by atoms with E-state index in [1.165, 1.54) is 12.3 Å². The number of hydrogen-bond acceptors (Lipinski definition) is 3. The summed E-state index contributed by atoms with van der Waals surface area (Å²) in [4.78, 5) is 14.0. The van der Waals surface area contributed by atoms with Crippen molar-refractivity contribution in [2.45, 2.75) is 0 Å². The molecule has 5 nitrogen and oxygen atoms in total. The Bertz CT molecular complexity index is 734. The number of carboxylic acid groups (broad SMARTS) is 1. The van der Waals surface area contributed by atoms with Gasteiger partial charge >= 0.3 is 5.97 Å². The normalized spacial score (nSPS) is 10.7. The molecule has 0 fully saturated rings. The van der Waals surface area contributed by atoms with Crippen molar-refractivity contribution < 1.29 is 9.90 Å². The second-order valence-corrected chi connectivity index (χ2v) is 3.91. The molecule has 0 aliphatic carbocycles. The first-order valence-corrected chi connectivity index (χ1v) is 5.37. The summed E-state index contributed by atoms with van der Waals surface area (Å²) in [6.07, 6.45) is 3.09. The van der Waals surface area contributed by atoms with Crippen LogP contribution in [-0.2, 0) is 0 Å². The molecule has 2 heterocycles. The van der Waals surface area contributed by atoms with E-state index in [2.05, 4.69) is 15.2 Å². The van der Waals surface area contributed by atoms with E-state index in [9.17, 15) is 4.79 Å². The maximum Gasteiger partial charge on any atom is 0.337 e. The number of fused-ring (bicyclic) bond motifs is 1. The minimum Gasteiger partial charge on any atom is -0.478 e. The molecule has 0 aliphatic heterocycles. The monoisotopic (exact) mass is 239 g/mol. The second kappa shape index (κ2) is 3.96. The molecular weight excluding hydrogens is 230 g/mol. The van der Waals surface area contributed by atoms with E-state index in [-0.39, 0.29) is 5.56 Å². The average Bonchev–Trinajstić information content (AvgIpc) is 2.86. The van der Waals surface area contributed by atoms with Crippen molar-refractivity contribution in [3.63, 3.8) is 0 Å². The summed E-state index contributed by atoms with van der Waals surface area (Å²) in [5.41, 5.74) is 2.56. The summed E-state index contributed by atoms with van der Waals surface area (Å²) >= 11 is 0. The van der Waals surface area contributed by atoms with Gasteiger partial charge in [-0.3, -0.25) is 0 Å². The summed E-state index contributed by atoms with van der Waals surface area (Å²) < 4.78 is 0. The Hall–Kier alpha value is -2.69. The molecule has 0 aliphatic rings. The van der Waals surface area contributed by atoms with Gasteiger partial charge in [0.05, 0.1) is 17.5 Å². The number of hydrogen-bond donors (Lipinski definition) is 2. The Labute approximate surface area is 102 Å². The number of aromatic amines is 1. The number of H-pyrrole nitrogens is 1. The zero-order valence-corrected chi connectivity index (χ0v) is 9.29. The van der Waals surface area contributed by atoms with Crippen molar-refractivity contribution in [1.82, 2.24) is 15.2 Å². The molecule has 0 spiro atoms. The van der Waals surface area contributed by atoms with Crippen LogP contribution in [-0.4, -0.2) is 26.3 Å².